The fourth-order valence-electron chi connectivity index (χ4n) is 2.70. The highest BCUT2D eigenvalue weighted by Crippen LogP contribution is 2.39. The highest BCUT2D eigenvalue weighted by atomic mass is 35.5. The minimum atomic E-state index is 0. The Morgan fingerprint density at radius 3 is 2.00 bits per heavy atom. The van der Waals surface area contributed by atoms with E-state index in [1.807, 2.05) is 0 Å². The first-order chi connectivity index (χ1) is 4.84. The number of aliphatic hydroxyl groups is 1. The van der Waals surface area contributed by atoms with Gasteiger partial charge in [0.15, 0.2) is 0 Å². The molecule has 0 radical (unpaired) electrons. The first-order valence-electron chi connectivity index (χ1n) is 4.52. The second kappa shape index (κ2) is 3.77. The van der Waals surface area contributed by atoms with Crippen LogP contribution in [0.15, 0.2) is 0 Å². The average Bonchev–Trinajstić information content (AvgIpc) is 1.85. The minimum Gasteiger partial charge on any atom is -0.393 e. The summed E-state index contributed by atoms with van der Waals surface area (Å²) in [6.45, 7) is 0. The fraction of sp³-hybridized carbons (Fsp3) is 1.00. The summed E-state index contributed by atoms with van der Waals surface area (Å²) in [5, 5.41) is 9.42. The van der Waals surface area contributed by atoms with Gasteiger partial charge in [0.05, 0.1) is 6.10 Å². The van der Waals surface area contributed by atoms with Gasteiger partial charge in [0.2, 0.25) is 0 Å². The number of rotatable bonds is 0. The van der Waals surface area contributed by atoms with E-state index in [0.29, 0.717) is 0 Å². The summed E-state index contributed by atoms with van der Waals surface area (Å²) in [4.78, 5) is 0. The van der Waals surface area contributed by atoms with Crippen LogP contribution < -0.4 is 0 Å². The van der Waals surface area contributed by atoms with Gasteiger partial charge >= 0.3 is 0 Å². The van der Waals surface area contributed by atoms with Gasteiger partial charge in [-0.1, -0.05) is 19.3 Å². The van der Waals surface area contributed by atoms with Crippen LogP contribution in [0.25, 0.3) is 0 Å². The van der Waals surface area contributed by atoms with Crippen LogP contribution in [-0.4, -0.2) is 11.2 Å². The predicted molar refractivity (Wildman–Crippen MR) is 47.9 cm³/mol. The van der Waals surface area contributed by atoms with E-state index in [0.717, 1.165) is 24.7 Å². The fourth-order valence-corrected chi connectivity index (χ4v) is 2.70. The standard InChI is InChI=1S/C9H16O.ClH/c10-9-5-7-2-1-3-8(4-7)6-9;/h7-10H,1-6H2;1H. The van der Waals surface area contributed by atoms with Gasteiger partial charge in [-0.2, -0.15) is 0 Å². The quantitative estimate of drug-likeness (QED) is 0.601. The van der Waals surface area contributed by atoms with Crippen molar-refractivity contribution in [3.63, 3.8) is 0 Å². The topological polar surface area (TPSA) is 20.2 Å². The van der Waals surface area contributed by atoms with Gasteiger partial charge in [-0.15, -0.1) is 12.4 Å². The normalized spacial score (nSPS) is 42.8. The Morgan fingerprint density at radius 1 is 0.909 bits per heavy atom. The van der Waals surface area contributed by atoms with Crippen LogP contribution in [0.4, 0.5) is 0 Å². The average molecular weight is 177 g/mol. The summed E-state index contributed by atoms with van der Waals surface area (Å²) < 4.78 is 0. The molecule has 2 heteroatoms. The summed E-state index contributed by atoms with van der Waals surface area (Å²) >= 11 is 0. The summed E-state index contributed by atoms with van der Waals surface area (Å²) in [6.07, 6.45) is 7.83. The molecule has 2 fully saturated rings. The maximum Gasteiger partial charge on any atom is 0.0545 e. The second-order valence-electron chi connectivity index (χ2n) is 4.02. The van der Waals surface area contributed by atoms with Gasteiger partial charge in [0.25, 0.3) is 0 Å². The monoisotopic (exact) mass is 176 g/mol. The van der Waals surface area contributed by atoms with Crippen LogP contribution in [0.2, 0.25) is 0 Å². The Bertz CT molecular complexity index is 111. The van der Waals surface area contributed by atoms with Crippen LogP contribution in [-0.2, 0) is 0 Å². The Morgan fingerprint density at radius 2 is 1.45 bits per heavy atom. The first kappa shape index (κ1) is 9.34. The van der Waals surface area contributed by atoms with Gasteiger partial charge in [-0.3, -0.25) is 0 Å². The Kier molecular flexibility index (Phi) is 3.20. The summed E-state index contributed by atoms with van der Waals surface area (Å²) in [5.41, 5.74) is 0. The molecule has 2 bridgehead atoms. The first-order valence-corrected chi connectivity index (χ1v) is 4.52. The van der Waals surface area contributed by atoms with Crippen molar-refractivity contribution in [2.45, 2.75) is 44.6 Å². The Hall–Kier alpha value is 0.250. The summed E-state index contributed by atoms with van der Waals surface area (Å²) in [5.74, 6) is 1.75. The van der Waals surface area contributed by atoms with Crippen molar-refractivity contribution in [2.75, 3.05) is 0 Å². The lowest BCUT2D eigenvalue weighted by molar-refractivity contribution is 0.0457. The molecule has 0 aromatic rings. The Balaban J connectivity index is 0.000000605. The van der Waals surface area contributed by atoms with Gasteiger partial charge in [-0.25, -0.2) is 0 Å². The summed E-state index contributed by atoms with van der Waals surface area (Å²) in [6, 6.07) is 0. The lowest BCUT2D eigenvalue weighted by Crippen LogP contribution is -2.29. The SMILES string of the molecule is Cl.OC1CC2CCCC(C1)C2. The van der Waals surface area contributed by atoms with Crippen molar-refractivity contribution < 1.29 is 5.11 Å². The molecule has 2 saturated carbocycles. The highest BCUT2D eigenvalue weighted by molar-refractivity contribution is 5.85. The van der Waals surface area contributed by atoms with Gasteiger partial charge < -0.3 is 5.11 Å². The van der Waals surface area contributed by atoms with E-state index in [-0.39, 0.29) is 18.5 Å². The minimum absolute atomic E-state index is 0. The molecule has 11 heavy (non-hydrogen) atoms. The molecule has 1 N–H and O–H groups in total. The third-order valence-electron chi connectivity index (χ3n) is 3.10. The zero-order valence-corrected chi connectivity index (χ0v) is 7.65. The molecule has 2 aliphatic rings. The second-order valence-corrected chi connectivity index (χ2v) is 4.02. The third-order valence-corrected chi connectivity index (χ3v) is 3.10. The lowest BCUT2D eigenvalue weighted by Gasteiger charge is -2.36. The van der Waals surface area contributed by atoms with E-state index >= 15 is 0 Å². The molecular formula is C9H17ClO. The van der Waals surface area contributed by atoms with E-state index in [1.54, 1.807) is 0 Å². The molecule has 2 rings (SSSR count). The molecule has 2 aliphatic carbocycles. The summed E-state index contributed by atoms with van der Waals surface area (Å²) in [7, 11) is 0. The molecule has 0 heterocycles. The molecule has 66 valence electrons. The van der Waals surface area contributed by atoms with Crippen molar-refractivity contribution in [1.82, 2.24) is 0 Å². The van der Waals surface area contributed by atoms with Crippen molar-refractivity contribution in [3.8, 4) is 0 Å². The smallest absolute Gasteiger partial charge is 0.0545 e. The largest absolute Gasteiger partial charge is 0.393 e. The van der Waals surface area contributed by atoms with Gasteiger partial charge in [0.1, 0.15) is 0 Å². The molecule has 0 amide bonds. The molecule has 0 aromatic carbocycles. The van der Waals surface area contributed by atoms with Crippen molar-refractivity contribution in [3.05, 3.63) is 0 Å². The van der Waals surface area contributed by atoms with Crippen LogP contribution in [0.1, 0.15) is 38.5 Å². The molecule has 2 atom stereocenters. The van der Waals surface area contributed by atoms with Crippen molar-refractivity contribution in [2.24, 2.45) is 11.8 Å². The maximum absolute atomic E-state index is 9.42. The van der Waals surface area contributed by atoms with Crippen molar-refractivity contribution in [1.29, 1.82) is 0 Å². The number of fused-ring (bicyclic) bond motifs is 2. The van der Waals surface area contributed by atoms with E-state index < -0.39 is 0 Å². The zero-order chi connectivity index (χ0) is 6.97. The lowest BCUT2D eigenvalue weighted by atomic mass is 9.71. The highest BCUT2D eigenvalue weighted by Gasteiger charge is 2.30. The molecular weight excluding hydrogens is 160 g/mol. The molecule has 0 aromatic heterocycles. The van der Waals surface area contributed by atoms with Crippen LogP contribution in [0, 0.1) is 11.8 Å². The maximum atomic E-state index is 9.42. The van der Waals surface area contributed by atoms with E-state index in [1.165, 1.54) is 25.7 Å². The molecule has 0 spiro atoms. The van der Waals surface area contributed by atoms with E-state index in [4.69, 9.17) is 0 Å². The molecule has 0 saturated heterocycles. The number of aliphatic hydroxyl groups excluding tert-OH is 1. The molecule has 2 unspecified atom stereocenters. The molecule has 1 nitrogen and oxygen atoms in total. The number of halogens is 1. The van der Waals surface area contributed by atoms with Gasteiger partial charge in [-0.05, 0) is 31.1 Å². The predicted octanol–water partition coefficient (Wildman–Crippen LogP) is 2.37. The molecule has 0 aliphatic heterocycles. The number of hydrogen-bond donors (Lipinski definition) is 1. The zero-order valence-electron chi connectivity index (χ0n) is 6.83. The van der Waals surface area contributed by atoms with E-state index in [2.05, 4.69) is 0 Å². The Labute approximate surface area is 74.6 Å². The van der Waals surface area contributed by atoms with Crippen LogP contribution in [0.5, 0.6) is 0 Å². The third kappa shape index (κ3) is 2.09. The van der Waals surface area contributed by atoms with E-state index in [9.17, 15) is 5.11 Å². The number of hydrogen-bond acceptors (Lipinski definition) is 1. The van der Waals surface area contributed by atoms with Gasteiger partial charge in [0, 0.05) is 0 Å². The van der Waals surface area contributed by atoms with Crippen LogP contribution >= 0.6 is 12.4 Å². The van der Waals surface area contributed by atoms with Crippen LogP contribution in [0.3, 0.4) is 0 Å². The van der Waals surface area contributed by atoms with Crippen molar-refractivity contribution >= 4 is 12.4 Å².